The summed E-state index contributed by atoms with van der Waals surface area (Å²) >= 11 is 0. The van der Waals surface area contributed by atoms with Gasteiger partial charge in [-0.1, -0.05) is 13.0 Å². The molecule has 3 heterocycles. The van der Waals surface area contributed by atoms with E-state index in [1.807, 2.05) is 24.7 Å². The number of imidazole rings is 1. The smallest absolute Gasteiger partial charge is 0.122 e. The van der Waals surface area contributed by atoms with Crippen LogP contribution in [0.5, 0.6) is 0 Å². The van der Waals surface area contributed by atoms with Crippen LogP contribution < -0.4 is 0 Å². The number of nitrogens with zero attached hydrogens (tertiary/aromatic N) is 5. The molecular weight excluding hydrogens is 286 g/mol. The summed E-state index contributed by atoms with van der Waals surface area (Å²) in [5.41, 5.74) is 1.13. The second-order valence-electron chi connectivity index (χ2n) is 6.37. The van der Waals surface area contributed by atoms with Crippen LogP contribution in [0.25, 0.3) is 0 Å². The lowest BCUT2D eigenvalue weighted by molar-refractivity contribution is 0.161. The molecule has 23 heavy (non-hydrogen) atoms. The lowest BCUT2D eigenvalue weighted by Crippen LogP contribution is -2.40. The molecule has 2 aromatic rings. The maximum atomic E-state index is 4.50. The van der Waals surface area contributed by atoms with Gasteiger partial charge in [-0.15, -0.1) is 0 Å². The summed E-state index contributed by atoms with van der Waals surface area (Å²) in [6.07, 6.45) is 8.39. The molecule has 5 nitrogen and oxygen atoms in total. The molecule has 1 aliphatic rings. The van der Waals surface area contributed by atoms with Crippen LogP contribution in [-0.2, 0) is 20.1 Å². The first-order chi connectivity index (χ1) is 11.3. The third-order valence-corrected chi connectivity index (χ3v) is 4.77. The van der Waals surface area contributed by atoms with Crippen molar-refractivity contribution in [3.05, 3.63) is 48.3 Å². The number of hydrogen-bond donors (Lipinski definition) is 0. The van der Waals surface area contributed by atoms with Crippen molar-refractivity contribution in [2.24, 2.45) is 7.05 Å². The minimum absolute atomic E-state index is 0.656. The minimum atomic E-state index is 0.656. The fourth-order valence-electron chi connectivity index (χ4n) is 3.47. The normalized spacial score (nSPS) is 18.8. The van der Waals surface area contributed by atoms with Crippen molar-refractivity contribution in [3.8, 4) is 0 Å². The van der Waals surface area contributed by atoms with Crippen molar-refractivity contribution in [2.45, 2.75) is 38.9 Å². The lowest BCUT2D eigenvalue weighted by Gasteiger charge is -2.30. The van der Waals surface area contributed by atoms with E-state index >= 15 is 0 Å². The zero-order valence-electron chi connectivity index (χ0n) is 14.2. The predicted molar refractivity (Wildman–Crippen MR) is 91.8 cm³/mol. The molecule has 0 amide bonds. The molecule has 0 spiro atoms. The van der Waals surface area contributed by atoms with Crippen molar-refractivity contribution in [1.82, 2.24) is 24.3 Å². The summed E-state index contributed by atoms with van der Waals surface area (Å²) < 4.78 is 2.11. The van der Waals surface area contributed by atoms with Crippen molar-refractivity contribution < 1.29 is 0 Å². The molecule has 0 bridgehead atoms. The molecular formula is C18H27N5. The zero-order valence-corrected chi connectivity index (χ0v) is 14.2. The van der Waals surface area contributed by atoms with E-state index in [0.717, 1.165) is 37.7 Å². The van der Waals surface area contributed by atoms with Gasteiger partial charge in [0.1, 0.15) is 5.82 Å². The van der Waals surface area contributed by atoms with E-state index in [1.54, 1.807) is 0 Å². The largest absolute Gasteiger partial charge is 0.337 e. The van der Waals surface area contributed by atoms with Crippen LogP contribution in [0.3, 0.4) is 0 Å². The Hall–Kier alpha value is -1.72. The van der Waals surface area contributed by atoms with E-state index in [2.05, 4.69) is 50.4 Å². The van der Waals surface area contributed by atoms with Gasteiger partial charge in [-0.2, -0.15) is 0 Å². The van der Waals surface area contributed by atoms with Gasteiger partial charge in [0.2, 0.25) is 0 Å². The molecule has 0 saturated carbocycles. The molecule has 0 N–H and O–H groups in total. The number of likely N-dealkylation sites (N-methyl/N-ethyl adjacent to an activating group) is 1. The highest BCUT2D eigenvalue weighted by atomic mass is 15.2. The standard InChI is InChI=1S/C18H27N5/c1-3-23-11-6-8-17(23)14-22(13-16-7-4-5-9-19-16)15-18-20-10-12-21(18)2/h4-5,7,9-10,12,17H,3,6,8,11,13-15H2,1-2H3/t17-/m1/s1. The average Bonchev–Trinajstić information content (AvgIpc) is 3.17. The number of aromatic nitrogens is 3. The van der Waals surface area contributed by atoms with Gasteiger partial charge >= 0.3 is 0 Å². The van der Waals surface area contributed by atoms with Crippen LogP contribution >= 0.6 is 0 Å². The first-order valence-electron chi connectivity index (χ1n) is 8.58. The molecule has 1 saturated heterocycles. The van der Waals surface area contributed by atoms with E-state index in [-0.39, 0.29) is 0 Å². The Bertz CT molecular complexity index is 594. The minimum Gasteiger partial charge on any atom is -0.337 e. The van der Waals surface area contributed by atoms with Gasteiger partial charge in [0, 0.05) is 44.8 Å². The quantitative estimate of drug-likeness (QED) is 0.786. The zero-order chi connectivity index (χ0) is 16.1. The Balaban J connectivity index is 1.71. The van der Waals surface area contributed by atoms with Crippen LogP contribution in [0.15, 0.2) is 36.8 Å². The van der Waals surface area contributed by atoms with E-state index in [0.29, 0.717) is 6.04 Å². The highest BCUT2D eigenvalue weighted by molar-refractivity contribution is 5.04. The fraction of sp³-hybridized carbons (Fsp3) is 0.556. The Morgan fingerprint density at radius 3 is 2.83 bits per heavy atom. The molecule has 0 aliphatic carbocycles. The molecule has 0 aromatic carbocycles. The summed E-state index contributed by atoms with van der Waals surface area (Å²) in [5.74, 6) is 1.11. The molecule has 0 unspecified atom stereocenters. The summed E-state index contributed by atoms with van der Waals surface area (Å²) in [6, 6.07) is 6.80. The Morgan fingerprint density at radius 2 is 2.13 bits per heavy atom. The number of pyridine rings is 1. The van der Waals surface area contributed by atoms with Crippen molar-refractivity contribution in [1.29, 1.82) is 0 Å². The fourth-order valence-corrected chi connectivity index (χ4v) is 3.47. The molecule has 2 aromatic heterocycles. The Kier molecular flexibility index (Phi) is 5.41. The number of hydrogen-bond acceptors (Lipinski definition) is 4. The summed E-state index contributed by atoms with van der Waals surface area (Å²) in [5, 5.41) is 0. The van der Waals surface area contributed by atoms with Crippen LogP contribution in [0.1, 0.15) is 31.3 Å². The maximum absolute atomic E-state index is 4.50. The van der Waals surface area contributed by atoms with Gasteiger partial charge in [0.15, 0.2) is 0 Å². The van der Waals surface area contributed by atoms with Gasteiger partial charge in [-0.3, -0.25) is 14.8 Å². The van der Waals surface area contributed by atoms with Crippen molar-refractivity contribution in [2.75, 3.05) is 19.6 Å². The second kappa shape index (κ2) is 7.70. The van der Waals surface area contributed by atoms with Gasteiger partial charge in [-0.25, -0.2) is 4.98 Å². The summed E-state index contributed by atoms with van der Waals surface area (Å²) in [4.78, 5) is 14.1. The van der Waals surface area contributed by atoms with Gasteiger partial charge in [0.05, 0.1) is 12.2 Å². The van der Waals surface area contributed by atoms with E-state index in [4.69, 9.17) is 0 Å². The molecule has 1 atom stereocenters. The first kappa shape index (κ1) is 16.1. The number of aryl methyl sites for hydroxylation is 1. The molecule has 3 rings (SSSR count). The summed E-state index contributed by atoms with van der Waals surface area (Å²) in [7, 11) is 2.06. The average molecular weight is 313 g/mol. The van der Waals surface area contributed by atoms with Gasteiger partial charge in [-0.05, 0) is 38.1 Å². The van der Waals surface area contributed by atoms with Crippen LogP contribution in [-0.4, -0.2) is 50.0 Å². The number of likely N-dealkylation sites (tertiary alicyclic amines) is 1. The third-order valence-electron chi connectivity index (χ3n) is 4.77. The number of rotatable bonds is 7. The van der Waals surface area contributed by atoms with E-state index in [1.165, 1.54) is 19.4 Å². The second-order valence-corrected chi connectivity index (χ2v) is 6.37. The van der Waals surface area contributed by atoms with Crippen molar-refractivity contribution in [3.63, 3.8) is 0 Å². The molecule has 5 heteroatoms. The van der Waals surface area contributed by atoms with E-state index in [9.17, 15) is 0 Å². The Morgan fingerprint density at radius 1 is 1.22 bits per heavy atom. The topological polar surface area (TPSA) is 37.2 Å². The highest BCUT2D eigenvalue weighted by Gasteiger charge is 2.25. The summed E-state index contributed by atoms with van der Waals surface area (Å²) in [6.45, 7) is 7.47. The first-order valence-corrected chi connectivity index (χ1v) is 8.58. The molecule has 124 valence electrons. The van der Waals surface area contributed by atoms with Crippen LogP contribution in [0, 0.1) is 0 Å². The van der Waals surface area contributed by atoms with Gasteiger partial charge in [0.25, 0.3) is 0 Å². The maximum Gasteiger partial charge on any atom is 0.122 e. The monoisotopic (exact) mass is 313 g/mol. The predicted octanol–water partition coefficient (Wildman–Crippen LogP) is 2.30. The molecule has 0 radical (unpaired) electrons. The third kappa shape index (κ3) is 4.18. The molecule has 1 fully saturated rings. The van der Waals surface area contributed by atoms with Crippen LogP contribution in [0.2, 0.25) is 0 Å². The van der Waals surface area contributed by atoms with Crippen molar-refractivity contribution >= 4 is 0 Å². The lowest BCUT2D eigenvalue weighted by atomic mass is 10.2. The highest BCUT2D eigenvalue weighted by Crippen LogP contribution is 2.19. The van der Waals surface area contributed by atoms with E-state index < -0.39 is 0 Å². The SMILES string of the molecule is CCN1CCC[C@@H]1CN(Cc1ccccn1)Cc1nccn1C. The molecule has 1 aliphatic heterocycles. The van der Waals surface area contributed by atoms with Gasteiger partial charge < -0.3 is 4.57 Å². The Labute approximate surface area is 139 Å². The van der Waals surface area contributed by atoms with Crippen LogP contribution in [0.4, 0.5) is 0 Å².